The van der Waals surface area contributed by atoms with E-state index < -0.39 is 0 Å². The lowest BCUT2D eigenvalue weighted by atomic mass is 9.70. The predicted molar refractivity (Wildman–Crippen MR) is 163 cm³/mol. The lowest BCUT2D eigenvalue weighted by molar-refractivity contribution is -0.124. The zero-order chi connectivity index (χ0) is 28.1. The van der Waals surface area contributed by atoms with Crippen LogP contribution in [-0.4, -0.2) is 53.7 Å². The molecule has 2 aliphatic rings. The van der Waals surface area contributed by atoms with Crippen LogP contribution >= 0.6 is 23.2 Å². The van der Waals surface area contributed by atoms with Crippen molar-refractivity contribution in [3.63, 3.8) is 0 Å². The van der Waals surface area contributed by atoms with Gasteiger partial charge in [0.15, 0.2) is 0 Å². The first-order chi connectivity index (χ1) is 19.4. The van der Waals surface area contributed by atoms with Gasteiger partial charge in [-0.15, -0.1) is 0 Å². The Morgan fingerprint density at radius 3 is 2.20 bits per heavy atom. The molecule has 2 heterocycles. The van der Waals surface area contributed by atoms with Crippen LogP contribution in [0.5, 0.6) is 0 Å². The Bertz CT molecular complexity index is 1310. The van der Waals surface area contributed by atoms with Crippen molar-refractivity contribution in [3.05, 3.63) is 106 Å². The Morgan fingerprint density at radius 1 is 0.875 bits per heavy atom. The van der Waals surface area contributed by atoms with Crippen LogP contribution in [0.1, 0.15) is 72.9 Å². The van der Waals surface area contributed by atoms with E-state index in [9.17, 15) is 9.59 Å². The fourth-order valence-corrected chi connectivity index (χ4v) is 6.98. The molecule has 0 saturated carbocycles. The molecule has 0 spiro atoms. The Kier molecular flexibility index (Phi) is 9.30. The van der Waals surface area contributed by atoms with Crippen molar-refractivity contribution in [1.29, 1.82) is 0 Å². The first-order valence-corrected chi connectivity index (χ1v) is 15.2. The molecule has 210 valence electrons. The topological polar surface area (TPSA) is 40.6 Å². The first-order valence-electron chi connectivity index (χ1n) is 14.5. The van der Waals surface area contributed by atoms with Gasteiger partial charge in [-0.25, -0.2) is 0 Å². The van der Waals surface area contributed by atoms with Crippen molar-refractivity contribution in [2.24, 2.45) is 0 Å². The van der Waals surface area contributed by atoms with Gasteiger partial charge in [-0.3, -0.25) is 9.59 Å². The molecule has 3 aromatic carbocycles. The van der Waals surface area contributed by atoms with Gasteiger partial charge in [0.25, 0.3) is 5.91 Å². The van der Waals surface area contributed by atoms with Crippen molar-refractivity contribution in [2.45, 2.75) is 62.8 Å². The van der Waals surface area contributed by atoms with Crippen LogP contribution in [0, 0.1) is 0 Å². The van der Waals surface area contributed by atoms with Gasteiger partial charge >= 0.3 is 0 Å². The standard InChI is InChI=1S/C34H38Cl2N2O2/c1-25(39)34(29-11-6-3-7-12-29)18-21-37(22-19-34)20-8-13-30-16-14-28(27-15-17-31(35)32(36)23-27)24-38(30)33(40)26-9-4-2-5-10-26/h2-7,9-12,15,17,23,28,30H,8,13-14,16,18-22,24H2,1H3. The van der Waals surface area contributed by atoms with Crippen LogP contribution in [0.25, 0.3) is 0 Å². The van der Waals surface area contributed by atoms with E-state index >= 15 is 0 Å². The highest BCUT2D eigenvalue weighted by Gasteiger charge is 2.40. The minimum Gasteiger partial charge on any atom is -0.335 e. The number of nitrogens with zero attached hydrogens (tertiary/aromatic N) is 2. The molecule has 0 aliphatic carbocycles. The molecule has 2 atom stereocenters. The normalized spacial score (nSPS) is 21.2. The average Bonchev–Trinajstić information content (AvgIpc) is 2.99. The summed E-state index contributed by atoms with van der Waals surface area (Å²) in [4.78, 5) is 31.0. The fourth-order valence-electron chi connectivity index (χ4n) is 6.67. The molecule has 3 aromatic rings. The Morgan fingerprint density at radius 2 is 1.55 bits per heavy atom. The van der Waals surface area contributed by atoms with Gasteiger partial charge in [0.2, 0.25) is 0 Å². The molecule has 6 heteroatoms. The van der Waals surface area contributed by atoms with E-state index in [4.69, 9.17) is 23.2 Å². The van der Waals surface area contributed by atoms with Gasteiger partial charge in [0, 0.05) is 24.1 Å². The highest BCUT2D eigenvalue weighted by Crippen LogP contribution is 2.38. The number of likely N-dealkylation sites (tertiary alicyclic amines) is 2. The van der Waals surface area contributed by atoms with Gasteiger partial charge in [-0.1, -0.05) is 77.8 Å². The largest absolute Gasteiger partial charge is 0.335 e. The summed E-state index contributed by atoms with van der Waals surface area (Å²) in [7, 11) is 0. The molecule has 0 N–H and O–H groups in total. The van der Waals surface area contributed by atoms with E-state index in [0.717, 1.165) is 74.8 Å². The lowest BCUT2D eigenvalue weighted by Crippen LogP contribution is -2.48. The van der Waals surface area contributed by atoms with Crippen LogP contribution < -0.4 is 0 Å². The molecule has 0 aromatic heterocycles. The third kappa shape index (κ3) is 6.30. The highest BCUT2D eigenvalue weighted by atomic mass is 35.5. The number of rotatable bonds is 8. The van der Waals surface area contributed by atoms with E-state index in [-0.39, 0.29) is 29.1 Å². The molecular weight excluding hydrogens is 539 g/mol. The molecule has 5 rings (SSSR count). The third-order valence-electron chi connectivity index (χ3n) is 9.12. The van der Waals surface area contributed by atoms with Crippen LogP contribution in [0.4, 0.5) is 0 Å². The average molecular weight is 578 g/mol. The van der Waals surface area contributed by atoms with Crippen molar-refractivity contribution in [2.75, 3.05) is 26.2 Å². The fraction of sp³-hybridized carbons (Fsp3) is 0.412. The molecule has 2 unspecified atom stereocenters. The number of hydrogen-bond donors (Lipinski definition) is 0. The number of halogens is 2. The number of amides is 1. The summed E-state index contributed by atoms with van der Waals surface area (Å²) in [6, 6.07) is 25.9. The second kappa shape index (κ2) is 12.9. The summed E-state index contributed by atoms with van der Waals surface area (Å²) in [5.74, 6) is 0.605. The summed E-state index contributed by atoms with van der Waals surface area (Å²) >= 11 is 12.5. The van der Waals surface area contributed by atoms with Crippen LogP contribution in [0.15, 0.2) is 78.9 Å². The quantitative estimate of drug-likeness (QED) is 0.275. The maximum atomic E-state index is 13.7. The van der Waals surface area contributed by atoms with Gasteiger partial charge in [-0.2, -0.15) is 0 Å². The molecule has 2 fully saturated rings. The van der Waals surface area contributed by atoms with Crippen LogP contribution in [-0.2, 0) is 10.2 Å². The Hall–Kier alpha value is -2.66. The molecular formula is C34H38Cl2N2O2. The number of hydrogen-bond acceptors (Lipinski definition) is 3. The van der Waals surface area contributed by atoms with Gasteiger partial charge in [-0.05, 0) is 100 Å². The molecule has 2 aliphatic heterocycles. The lowest BCUT2D eigenvalue weighted by Gasteiger charge is -2.42. The Labute approximate surface area is 248 Å². The molecule has 0 radical (unpaired) electrons. The summed E-state index contributed by atoms with van der Waals surface area (Å²) < 4.78 is 0. The Balaban J connectivity index is 1.22. The molecule has 0 bridgehead atoms. The van der Waals surface area contributed by atoms with Gasteiger partial charge in [0.05, 0.1) is 15.5 Å². The zero-order valence-electron chi connectivity index (χ0n) is 23.2. The van der Waals surface area contributed by atoms with E-state index in [0.29, 0.717) is 16.6 Å². The number of carbonyl (C=O) groups excluding carboxylic acids is 2. The summed E-state index contributed by atoms with van der Waals surface area (Å²) in [6.07, 6.45) is 5.70. The number of Topliss-reactive ketones (excluding diaryl/α,β-unsaturated/α-hetero) is 1. The second-order valence-corrected chi connectivity index (χ2v) is 12.2. The summed E-state index contributed by atoms with van der Waals surface area (Å²) in [6.45, 7) is 5.26. The van der Waals surface area contributed by atoms with Crippen molar-refractivity contribution < 1.29 is 9.59 Å². The van der Waals surface area contributed by atoms with Crippen molar-refractivity contribution in [1.82, 2.24) is 9.80 Å². The molecule has 1 amide bonds. The highest BCUT2D eigenvalue weighted by molar-refractivity contribution is 6.42. The number of piperidine rings is 2. The van der Waals surface area contributed by atoms with E-state index in [1.165, 1.54) is 0 Å². The monoisotopic (exact) mass is 576 g/mol. The maximum absolute atomic E-state index is 13.7. The second-order valence-electron chi connectivity index (χ2n) is 11.4. The SMILES string of the molecule is CC(=O)C1(c2ccccc2)CCN(CCCC2CCC(c3ccc(Cl)c(Cl)c3)CN2C(=O)c2ccccc2)CC1. The van der Waals surface area contributed by atoms with E-state index in [2.05, 4.69) is 21.9 Å². The van der Waals surface area contributed by atoms with Crippen LogP contribution in [0.3, 0.4) is 0 Å². The molecule has 2 saturated heterocycles. The van der Waals surface area contributed by atoms with Crippen molar-refractivity contribution in [3.8, 4) is 0 Å². The minimum absolute atomic E-state index is 0.0995. The molecule has 40 heavy (non-hydrogen) atoms. The minimum atomic E-state index is -0.362. The van der Waals surface area contributed by atoms with Crippen LogP contribution in [0.2, 0.25) is 10.0 Å². The number of ketones is 1. The van der Waals surface area contributed by atoms with E-state index in [1.54, 1.807) is 6.92 Å². The van der Waals surface area contributed by atoms with E-state index in [1.807, 2.05) is 66.7 Å². The summed E-state index contributed by atoms with van der Waals surface area (Å²) in [5, 5.41) is 1.11. The maximum Gasteiger partial charge on any atom is 0.254 e. The number of benzene rings is 3. The molecule has 4 nitrogen and oxygen atoms in total. The van der Waals surface area contributed by atoms with Crippen molar-refractivity contribution >= 4 is 34.9 Å². The first kappa shape index (κ1) is 28.9. The third-order valence-corrected chi connectivity index (χ3v) is 9.86. The van der Waals surface area contributed by atoms with Gasteiger partial charge < -0.3 is 9.80 Å². The zero-order valence-corrected chi connectivity index (χ0v) is 24.7. The smallest absolute Gasteiger partial charge is 0.254 e. The summed E-state index contributed by atoms with van der Waals surface area (Å²) in [5.41, 5.74) is 2.66. The van der Waals surface area contributed by atoms with Gasteiger partial charge in [0.1, 0.15) is 5.78 Å². The predicted octanol–water partition coefficient (Wildman–Crippen LogP) is 7.78. The number of carbonyl (C=O) groups is 2.